The number of carbonyl (C=O) groups is 2. The summed E-state index contributed by atoms with van der Waals surface area (Å²) in [6.07, 6.45) is 4.21. The zero-order valence-electron chi connectivity index (χ0n) is 16.6. The Morgan fingerprint density at radius 2 is 1.97 bits per heavy atom. The molecule has 3 aromatic rings. The number of aromatic nitrogens is 2. The molecule has 2 aromatic heterocycles. The van der Waals surface area contributed by atoms with Crippen LogP contribution in [0.25, 0.3) is 5.65 Å². The smallest absolute Gasteiger partial charge is 0.334 e. The maximum atomic E-state index is 13.4. The minimum Gasteiger partial charge on any atom is -0.458 e. The van der Waals surface area contributed by atoms with Crippen molar-refractivity contribution in [2.45, 2.75) is 38.8 Å². The van der Waals surface area contributed by atoms with E-state index in [1.165, 1.54) is 0 Å². The molecule has 0 radical (unpaired) electrons. The van der Waals surface area contributed by atoms with Gasteiger partial charge in [-0.05, 0) is 50.5 Å². The van der Waals surface area contributed by atoms with Crippen LogP contribution in [-0.2, 0) is 16.0 Å². The van der Waals surface area contributed by atoms with Gasteiger partial charge in [0.15, 0.2) is 6.04 Å². The van der Waals surface area contributed by atoms with Crippen LogP contribution in [0.3, 0.4) is 0 Å². The van der Waals surface area contributed by atoms with Crippen molar-refractivity contribution in [3.8, 4) is 0 Å². The molecule has 6 nitrogen and oxygen atoms in total. The summed E-state index contributed by atoms with van der Waals surface area (Å²) < 4.78 is 8.33. The van der Waals surface area contributed by atoms with Crippen LogP contribution in [0.2, 0.25) is 0 Å². The third kappa shape index (κ3) is 3.92. The summed E-state index contributed by atoms with van der Waals surface area (Å²) in [6, 6.07) is 10.6. The number of ether oxygens (including phenoxy) is 1. The molecule has 1 atom stereocenters. The number of imidazole rings is 1. The van der Waals surface area contributed by atoms with Gasteiger partial charge in [0.25, 0.3) is 5.91 Å². The summed E-state index contributed by atoms with van der Waals surface area (Å²) in [7, 11) is 0. The lowest BCUT2D eigenvalue weighted by Crippen LogP contribution is -2.45. The van der Waals surface area contributed by atoms with Crippen molar-refractivity contribution in [1.29, 1.82) is 0 Å². The molecular weight excluding hydrogens is 434 g/mol. The SMILES string of the molecule is CC(C)(C)OC(=O)C1c2ccccc2CCN1C(=O)c1cn2ccc(Br)cc2n1. The van der Waals surface area contributed by atoms with Gasteiger partial charge < -0.3 is 14.0 Å². The van der Waals surface area contributed by atoms with Gasteiger partial charge in [0.05, 0.1) is 0 Å². The molecule has 1 aliphatic rings. The Hall–Kier alpha value is -2.67. The van der Waals surface area contributed by atoms with E-state index in [4.69, 9.17) is 4.74 Å². The summed E-state index contributed by atoms with van der Waals surface area (Å²) in [4.78, 5) is 32.5. The maximum absolute atomic E-state index is 13.4. The van der Waals surface area contributed by atoms with Crippen molar-refractivity contribution in [1.82, 2.24) is 14.3 Å². The number of benzene rings is 1. The van der Waals surface area contributed by atoms with Gasteiger partial charge in [-0.25, -0.2) is 9.78 Å². The number of pyridine rings is 1. The molecule has 1 aliphatic heterocycles. The number of esters is 1. The van der Waals surface area contributed by atoms with E-state index >= 15 is 0 Å². The van der Waals surface area contributed by atoms with Crippen LogP contribution in [0.5, 0.6) is 0 Å². The molecule has 150 valence electrons. The molecule has 0 saturated heterocycles. The number of amides is 1. The number of halogens is 1. The lowest BCUT2D eigenvalue weighted by Gasteiger charge is -2.36. The van der Waals surface area contributed by atoms with Crippen molar-refractivity contribution < 1.29 is 14.3 Å². The van der Waals surface area contributed by atoms with Crippen LogP contribution in [0.4, 0.5) is 0 Å². The van der Waals surface area contributed by atoms with Crippen LogP contribution in [0, 0.1) is 0 Å². The molecule has 4 rings (SSSR count). The molecule has 0 spiro atoms. The van der Waals surface area contributed by atoms with Crippen molar-refractivity contribution in [3.05, 3.63) is 70.1 Å². The van der Waals surface area contributed by atoms with E-state index in [0.29, 0.717) is 24.3 Å². The Labute approximate surface area is 177 Å². The highest BCUT2D eigenvalue weighted by atomic mass is 79.9. The Bertz CT molecular complexity index is 1100. The maximum Gasteiger partial charge on any atom is 0.334 e. The van der Waals surface area contributed by atoms with E-state index in [2.05, 4.69) is 20.9 Å². The first-order valence-corrected chi connectivity index (χ1v) is 10.3. The van der Waals surface area contributed by atoms with E-state index in [9.17, 15) is 9.59 Å². The Kier molecular flexibility index (Phi) is 4.94. The van der Waals surface area contributed by atoms with Crippen LogP contribution in [0.1, 0.15) is 48.4 Å². The number of fused-ring (bicyclic) bond motifs is 2. The molecular formula is C22H22BrN3O3. The zero-order chi connectivity index (χ0) is 20.8. The molecule has 0 N–H and O–H groups in total. The standard InChI is InChI=1S/C22H22BrN3O3/c1-22(2,3)29-21(28)19-16-7-5-4-6-14(16)8-11-26(19)20(27)17-13-25-10-9-15(23)12-18(25)24-17/h4-7,9-10,12-13,19H,8,11H2,1-3H3. The van der Waals surface area contributed by atoms with Gasteiger partial charge in [-0.3, -0.25) is 4.79 Å². The number of hydrogen-bond donors (Lipinski definition) is 0. The molecule has 0 fully saturated rings. The van der Waals surface area contributed by atoms with Gasteiger partial charge in [-0.15, -0.1) is 0 Å². The highest BCUT2D eigenvalue weighted by Gasteiger charge is 2.39. The Morgan fingerprint density at radius 1 is 1.21 bits per heavy atom. The normalized spacial score (nSPS) is 16.6. The zero-order valence-corrected chi connectivity index (χ0v) is 18.1. The van der Waals surface area contributed by atoms with E-state index in [0.717, 1.165) is 15.6 Å². The molecule has 29 heavy (non-hydrogen) atoms. The third-order valence-electron chi connectivity index (χ3n) is 4.82. The minimum absolute atomic E-state index is 0.282. The quantitative estimate of drug-likeness (QED) is 0.543. The largest absolute Gasteiger partial charge is 0.458 e. The first kappa shape index (κ1) is 19.6. The highest BCUT2D eigenvalue weighted by molar-refractivity contribution is 9.10. The fourth-order valence-corrected chi connectivity index (χ4v) is 3.93. The molecule has 1 unspecified atom stereocenters. The molecule has 0 aliphatic carbocycles. The predicted molar refractivity (Wildman–Crippen MR) is 113 cm³/mol. The van der Waals surface area contributed by atoms with E-state index < -0.39 is 17.6 Å². The van der Waals surface area contributed by atoms with Crippen LogP contribution in [0.15, 0.2) is 53.3 Å². The number of nitrogens with zero attached hydrogens (tertiary/aromatic N) is 3. The molecule has 1 aromatic carbocycles. The fourth-order valence-electron chi connectivity index (χ4n) is 3.60. The first-order chi connectivity index (χ1) is 13.7. The van der Waals surface area contributed by atoms with Crippen LogP contribution in [-0.4, -0.2) is 38.3 Å². The first-order valence-electron chi connectivity index (χ1n) is 9.49. The Balaban J connectivity index is 1.73. The summed E-state index contributed by atoms with van der Waals surface area (Å²) in [5, 5.41) is 0. The van der Waals surface area contributed by atoms with Gasteiger partial charge in [0.1, 0.15) is 16.9 Å². The fraction of sp³-hybridized carbons (Fsp3) is 0.318. The molecule has 7 heteroatoms. The average molecular weight is 456 g/mol. The summed E-state index contributed by atoms with van der Waals surface area (Å²) in [6.45, 7) is 5.90. The van der Waals surface area contributed by atoms with Crippen molar-refractivity contribution in [2.24, 2.45) is 0 Å². The third-order valence-corrected chi connectivity index (χ3v) is 5.31. The van der Waals surface area contributed by atoms with E-state index in [1.807, 2.05) is 63.4 Å². The molecule has 1 amide bonds. The second-order valence-corrected chi connectivity index (χ2v) is 9.04. The monoisotopic (exact) mass is 455 g/mol. The van der Waals surface area contributed by atoms with Gasteiger partial charge >= 0.3 is 5.97 Å². The number of hydrogen-bond acceptors (Lipinski definition) is 4. The molecule has 0 bridgehead atoms. The molecule has 0 saturated carbocycles. The second-order valence-electron chi connectivity index (χ2n) is 8.12. The van der Waals surface area contributed by atoms with E-state index in [1.54, 1.807) is 15.5 Å². The molecule has 3 heterocycles. The average Bonchev–Trinajstić information content (AvgIpc) is 3.08. The van der Waals surface area contributed by atoms with Gasteiger partial charge in [0, 0.05) is 23.4 Å². The second kappa shape index (κ2) is 7.30. The van der Waals surface area contributed by atoms with E-state index in [-0.39, 0.29) is 5.91 Å². The Morgan fingerprint density at radius 3 is 2.72 bits per heavy atom. The van der Waals surface area contributed by atoms with Crippen LogP contribution >= 0.6 is 15.9 Å². The number of rotatable bonds is 2. The van der Waals surface area contributed by atoms with Crippen molar-refractivity contribution >= 4 is 33.5 Å². The van der Waals surface area contributed by atoms with Crippen molar-refractivity contribution in [3.63, 3.8) is 0 Å². The lowest BCUT2D eigenvalue weighted by molar-refractivity contribution is -0.161. The summed E-state index contributed by atoms with van der Waals surface area (Å²) >= 11 is 3.42. The van der Waals surface area contributed by atoms with Gasteiger partial charge in [-0.2, -0.15) is 0 Å². The lowest BCUT2D eigenvalue weighted by atomic mass is 9.92. The minimum atomic E-state index is -0.789. The summed E-state index contributed by atoms with van der Waals surface area (Å²) in [5.74, 6) is -0.709. The van der Waals surface area contributed by atoms with Crippen molar-refractivity contribution in [2.75, 3.05) is 6.54 Å². The van der Waals surface area contributed by atoms with Gasteiger partial charge in [0.2, 0.25) is 0 Å². The predicted octanol–water partition coefficient (Wildman–Crippen LogP) is 4.18. The summed E-state index contributed by atoms with van der Waals surface area (Å²) in [5.41, 5.74) is 2.19. The number of carbonyl (C=O) groups excluding carboxylic acids is 2. The highest BCUT2D eigenvalue weighted by Crippen LogP contribution is 2.33. The van der Waals surface area contributed by atoms with Gasteiger partial charge in [-0.1, -0.05) is 40.2 Å². The van der Waals surface area contributed by atoms with Crippen LogP contribution < -0.4 is 0 Å². The topological polar surface area (TPSA) is 63.9 Å².